The summed E-state index contributed by atoms with van der Waals surface area (Å²) >= 11 is 0. The number of nitrogens with one attached hydrogen (secondary N) is 3. The molecule has 0 fully saturated rings. The van der Waals surface area contributed by atoms with E-state index in [0.717, 1.165) is 41.3 Å². The number of aromatic nitrogens is 2. The minimum absolute atomic E-state index is 0.146. The number of rotatable bonds is 6. The third kappa shape index (κ3) is 3.01. The van der Waals surface area contributed by atoms with Gasteiger partial charge in [-0.1, -0.05) is 0 Å². The van der Waals surface area contributed by atoms with Crippen LogP contribution in [0, 0.1) is 0 Å². The molecule has 4 aromatic rings. The Morgan fingerprint density at radius 2 is 1.50 bits per heavy atom. The Hall–Kier alpha value is -4.44. The van der Waals surface area contributed by atoms with E-state index in [1.165, 1.54) is 0 Å². The molecule has 3 aliphatic heterocycles. The lowest BCUT2D eigenvalue weighted by atomic mass is 9.95. The number of ether oxygens (including phenoxy) is 4. The van der Waals surface area contributed by atoms with Gasteiger partial charge in [-0.25, -0.2) is 0 Å². The summed E-state index contributed by atoms with van der Waals surface area (Å²) in [5.74, 6) is 1.64. The van der Waals surface area contributed by atoms with E-state index in [1.54, 1.807) is 6.20 Å². The Morgan fingerprint density at radius 1 is 0.861 bits per heavy atom. The van der Waals surface area contributed by atoms with E-state index >= 15 is 0 Å². The molecule has 36 heavy (non-hydrogen) atoms. The molecule has 3 aliphatic rings. The topological polar surface area (TPSA) is 116 Å². The molecule has 2 aromatic carbocycles. The average Bonchev–Trinajstić information content (AvgIpc) is 3.68. The van der Waals surface area contributed by atoms with Crippen LogP contribution in [-0.4, -0.2) is 48.5 Å². The van der Waals surface area contributed by atoms with Crippen LogP contribution in [0.4, 0.5) is 0 Å². The van der Waals surface area contributed by atoms with Crippen molar-refractivity contribution in [3.63, 3.8) is 0 Å². The fourth-order valence-corrected chi connectivity index (χ4v) is 5.18. The number of carbonyl (C=O) groups is 2. The summed E-state index contributed by atoms with van der Waals surface area (Å²) < 4.78 is 24.4. The van der Waals surface area contributed by atoms with Crippen molar-refractivity contribution in [2.75, 3.05) is 27.2 Å². The molecule has 2 amide bonds. The number of amides is 2. The minimum Gasteiger partial charge on any atom is -0.454 e. The molecular formula is C26H22N4O6. The summed E-state index contributed by atoms with van der Waals surface area (Å²) in [5, 5.41) is 7.25. The number of hydrogen-bond acceptors (Lipinski definition) is 7. The second-order valence-electron chi connectivity index (χ2n) is 8.90. The predicted octanol–water partition coefficient (Wildman–Crippen LogP) is 2.76. The van der Waals surface area contributed by atoms with E-state index in [0.29, 0.717) is 45.3 Å². The average molecular weight is 486 g/mol. The van der Waals surface area contributed by atoms with Crippen LogP contribution in [0.1, 0.15) is 17.5 Å². The van der Waals surface area contributed by atoms with Gasteiger partial charge >= 0.3 is 0 Å². The van der Waals surface area contributed by atoms with Crippen LogP contribution in [0.3, 0.4) is 0 Å². The Balaban J connectivity index is 1.46. The molecule has 3 N–H and O–H groups in total. The Bertz CT molecular complexity index is 1630. The van der Waals surface area contributed by atoms with Crippen molar-refractivity contribution >= 4 is 44.8 Å². The van der Waals surface area contributed by atoms with Crippen molar-refractivity contribution in [3.8, 4) is 23.0 Å². The molecule has 10 heteroatoms. The Morgan fingerprint density at radius 3 is 2.22 bits per heavy atom. The van der Waals surface area contributed by atoms with E-state index in [4.69, 9.17) is 18.9 Å². The SMILES string of the molecule is CNCCCn1cc(C2=C(c3c[nH]c4cc5c(cc34)OCO5)C(=O)NC2=O)c2cc3c(cc21)OCO3. The number of aryl methyl sites for hydroxylation is 1. The van der Waals surface area contributed by atoms with Gasteiger partial charge in [-0.05, 0) is 32.1 Å². The molecule has 10 nitrogen and oxygen atoms in total. The summed E-state index contributed by atoms with van der Waals surface area (Å²) in [5.41, 5.74) is 3.63. The fraction of sp³-hybridized carbons (Fsp3) is 0.231. The second kappa shape index (κ2) is 7.79. The molecule has 0 radical (unpaired) electrons. The maximum absolute atomic E-state index is 13.2. The molecule has 0 spiro atoms. The van der Waals surface area contributed by atoms with Gasteiger partial charge < -0.3 is 33.8 Å². The first-order valence-corrected chi connectivity index (χ1v) is 11.7. The van der Waals surface area contributed by atoms with Crippen LogP contribution in [0.5, 0.6) is 23.0 Å². The molecule has 0 bridgehead atoms. The molecule has 7 rings (SSSR count). The Kier molecular flexibility index (Phi) is 4.52. The predicted molar refractivity (Wildman–Crippen MR) is 131 cm³/mol. The molecule has 5 heterocycles. The van der Waals surface area contributed by atoms with Crippen LogP contribution in [0.2, 0.25) is 0 Å². The summed E-state index contributed by atoms with van der Waals surface area (Å²) in [6.07, 6.45) is 4.57. The lowest BCUT2D eigenvalue weighted by molar-refractivity contribution is -0.122. The van der Waals surface area contributed by atoms with E-state index in [1.807, 2.05) is 37.5 Å². The third-order valence-corrected chi connectivity index (χ3v) is 6.85. The van der Waals surface area contributed by atoms with Gasteiger partial charge in [0.05, 0.1) is 16.7 Å². The molecule has 0 atom stereocenters. The van der Waals surface area contributed by atoms with Gasteiger partial charge in [0, 0.05) is 58.5 Å². The maximum Gasteiger partial charge on any atom is 0.259 e. The van der Waals surface area contributed by atoms with Crippen molar-refractivity contribution in [1.82, 2.24) is 20.2 Å². The summed E-state index contributed by atoms with van der Waals surface area (Å²) in [7, 11) is 1.91. The lowest BCUT2D eigenvalue weighted by Gasteiger charge is -2.05. The van der Waals surface area contributed by atoms with Crippen molar-refractivity contribution in [2.45, 2.75) is 13.0 Å². The van der Waals surface area contributed by atoms with E-state index in [2.05, 4.69) is 20.2 Å². The fourth-order valence-electron chi connectivity index (χ4n) is 5.18. The normalized spacial score (nSPS) is 16.1. The van der Waals surface area contributed by atoms with E-state index in [9.17, 15) is 9.59 Å². The molecule has 0 saturated heterocycles. The summed E-state index contributed by atoms with van der Waals surface area (Å²) in [6, 6.07) is 7.49. The van der Waals surface area contributed by atoms with Crippen molar-refractivity contribution in [2.24, 2.45) is 0 Å². The first-order valence-electron chi connectivity index (χ1n) is 11.7. The van der Waals surface area contributed by atoms with E-state index in [-0.39, 0.29) is 13.6 Å². The van der Waals surface area contributed by atoms with E-state index < -0.39 is 11.8 Å². The number of benzene rings is 2. The smallest absolute Gasteiger partial charge is 0.259 e. The number of aromatic amines is 1. The monoisotopic (exact) mass is 486 g/mol. The highest BCUT2D eigenvalue weighted by Crippen LogP contribution is 2.44. The number of carbonyl (C=O) groups excluding carboxylic acids is 2. The number of nitrogens with zero attached hydrogens (tertiary/aromatic N) is 1. The highest BCUT2D eigenvalue weighted by molar-refractivity contribution is 6.50. The molecule has 0 unspecified atom stereocenters. The molecule has 182 valence electrons. The first-order chi connectivity index (χ1) is 17.6. The summed E-state index contributed by atoms with van der Waals surface area (Å²) in [6.45, 7) is 1.87. The lowest BCUT2D eigenvalue weighted by Crippen LogP contribution is -2.22. The molecule has 0 aliphatic carbocycles. The number of imide groups is 1. The number of fused-ring (bicyclic) bond motifs is 4. The summed E-state index contributed by atoms with van der Waals surface area (Å²) in [4.78, 5) is 29.6. The van der Waals surface area contributed by atoms with Crippen LogP contribution in [0.25, 0.3) is 33.0 Å². The zero-order valence-corrected chi connectivity index (χ0v) is 19.4. The largest absolute Gasteiger partial charge is 0.454 e. The van der Waals surface area contributed by atoms with Gasteiger partial charge in [0.1, 0.15) is 0 Å². The van der Waals surface area contributed by atoms with Gasteiger partial charge in [0.15, 0.2) is 23.0 Å². The second-order valence-corrected chi connectivity index (χ2v) is 8.90. The van der Waals surface area contributed by atoms with Gasteiger partial charge in [0.25, 0.3) is 11.8 Å². The van der Waals surface area contributed by atoms with Gasteiger partial charge in [-0.3, -0.25) is 14.9 Å². The highest BCUT2D eigenvalue weighted by atomic mass is 16.7. The molecule has 0 saturated carbocycles. The van der Waals surface area contributed by atoms with Crippen LogP contribution < -0.4 is 29.6 Å². The minimum atomic E-state index is -0.439. The van der Waals surface area contributed by atoms with Crippen molar-refractivity contribution in [3.05, 3.63) is 47.8 Å². The molecular weight excluding hydrogens is 464 g/mol. The van der Waals surface area contributed by atoms with Crippen LogP contribution in [0.15, 0.2) is 36.7 Å². The zero-order valence-electron chi connectivity index (χ0n) is 19.4. The number of H-pyrrole nitrogens is 1. The maximum atomic E-state index is 13.2. The van der Waals surface area contributed by atoms with Gasteiger partial charge in [-0.2, -0.15) is 0 Å². The standard InChI is InChI=1S/C26H22N4O6/c1-27-3-2-4-30-10-16(14-6-20-22(8-18(14)30)36-12-34-20)24-23(25(31)29-26(24)32)15-9-28-17-7-21-19(5-13(15)17)33-11-35-21/h5-10,27-28H,2-4,11-12H2,1H3,(H,29,31,32). The quantitative estimate of drug-likeness (QED) is 0.284. The van der Waals surface area contributed by atoms with Gasteiger partial charge in [0.2, 0.25) is 13.6 Å². The number of hydrogen-bond donors (Lipinski definition) is 3. The molecule has 2 aromatic heterocycles. The Labute approximate surface area is 204 Å². The zero-order chi connectivity index (χ0) is 24.4. The van der Waals surface area contributed by atoms with Crippen molar-refractivity contribution < 1.29 is 28.5 Å². The van der Waals surface area contributed by atoms with Crippen LogP contribution in [-0.2, 0) is 16.1 Å². The first kappa shape index (κ1) is 20.9. The third-order valence-electron chi connectivity index (χ3n) is 6.85. The highest BCUT2D eigenvalue weighted by Gasteiger charge is 2.36. The van der Waals surface area contributed by atoms with Crippen molar-refractivity contribution in [1.29, 1.82) is 0 Å². The van der Waals surface area contributed by atoms with Gasteiger partial charge in [-0.15, -0.1) is 0 Å². The van der Waals surface area contributed by atoms with Crippen LogP contribution >= 0.6 is 0 Å².